The molecule has 0 spiro atoms. The van der Waals surface area contributed by atoms with E-state index in [1.165, 1.54) is 11.0 Å². The number of hydrogen-bond acceptors (Lipinski definition) is 6. The van der Waals surface area contributed by atoms with Crippen LogP contribution in [0.5, 0.6) is 0 Å². The van der Waals surface area contributed by atoms with E-state index >= 15 is 0 Å². The van der Waals surface area contributed by atoms with Crippen LogP contribution in [0.2, 0.25) is 0 Å². The molecular weight excluding hydrogens is 450 g/mol. The Labute approximate surface area is 169 Å². The topological polar surface area (TPSA) is 97.8 Å². The van der Waals surface area contributed by atoms with E-state index in [4.69, 9.17) is 8.83 Å². The van der Waals surface area contributed by atoms with Gasteiger partial charge in [0.2, 0.25) is 0 Å². The molecule has 7 nitrogen and oxygen atoms in total. The average Bonchev–Trinajstić information content (AvgIpc) is 3.23. The first-order chi connectivity index (χ1) is 13.3. The SMILES string of the molecule is O=C(c1cc2ccccc2oc1=O)N(Cc1ccc(Br)o1)[C@H]1CCS(=O)(=O)C1. The Morgan fingerprint density at radius 1 is 1.18 bits per heavy atom. The Morgan fingerprint density at radius 3 is 2.64 bits per heavy atom. The summed E-state index contributed by atoms with van der Waals surface area (Å²) in [6.45, 7) is 0.0525. The second-order valence-corrected chi connectivity index (χ2v) is 9.69. The zero-order valence-electron chi connectivity index (χ0n) is 14.6. The van der Waals surface area contributed by atoms with Crippen LogP contribution < -0.4 is 5.63 Å². The molecule has 9 heteroatoms. The third kappa shape index (κ3) is 3.77. The smallest absolute Gasteiger partial charge is 0.349 e. The Bertz CT molecular complexity index is 1210. The van der Waals surface area contributed by atoms with Crippen molar-refractivity contribution in [3.05, 3.63) is 68.9 Å². The Hall–Kier alpha value is -2.39. The van der Waals surface area contributed by atoms with Crippen molar-refractivity contribution in [2.45, 2.75) is 19.0 Å². The molecule has 0 N–H and O–H groups in total. The van der Waals surface area contributed by atoms with E-state index in [0.717, 1.165) is 0 Å². The van der Waals surface area contributed by atoms with Crippen molar-refractivity contribution in [3.63, 3.8) is 0 Å². The van der Waals surface area contributed by atoms with Crippen molar-refractivity contribution in [1.29, 1.82) is 0 Å². The third-order valence-corrected chi connectivity index (χ3v) is 6.91. The van der Waals surface area contributed by atoms with Gasteiger partial charge in [0.15, 0.2) is 14.5 Å². The molecule has 146 valence electrons. The Balaban J connectivity index is 1.74. The maximum atomic E-state index is 13.2. The lowest BCUT2D eigenvalue weighted by atomic mass is 10.1. The summed E-state index contributed by atoms with van der Waals surface area (Å²) in [5.41, 5.74) is -0.502. The predicted molar refractivity (Wildman–Crippen MR) is 106 cm³/mol. The summed E-state index contributed by atoms with van der Waals surface area (Å²) in [5, 5.41) is 0.616. The summed E-state index contributed by atoms with van der Waals surface area (Å²) < 4.78 is 35.2. The lowest BCUT2D eigenvalue weighted by Crippen LogP contribution is -2.42. The maximum absolute atomic E-state index is 13.2. The van der Waals surface area contributed by atoms with Gasteiger partial charge in [0.1, 0.15) is 16.9 Å². The highest BCUT2D eigenvalue weighted by atomic mass is 79.9. The normalized spacial score (nSPS) is 18.4. The molecule has 1 aliphatic heterocycles. The minimum atomic E-state index is -3.22. The Kier molecular flexibility index (Phi) is 4.88. The van der Waals surface area contributed by atoms with Crippen LogP contribution in [0.4, 0.5) is 0 Å². The number of fused-ring (bicyclic) bond motifs is 1. The van der Waals surface area contributed by atoms with Crippen LogP contribution in [0.15, 0.2) is 60.8 Å². The molecule has 1 amide bonds. The van der Waals surface area contributed by atoms with Gasteiger partial charge >= 0.3 is 5.63 Å². The second kappa shape index (κ2) is 7.21. The third-order valence-electron chi connectivity index (χ3n) is 4.74. The number of sulfone groups is 1. The first-order valence-corrected chi connectivity index (χ1v) is 11.2. The fourth-order valence-corrected chi connectivity index (χ4v) is 5.43. The van der Waals surface area contributed by atoms with Gasteiger partial charge in [0.25, 0.3) is 5.91 Å². The summed E-state index contributed by atoms with van der Waals surface area (Å²) >= 11 is 3.21. The lowest BCUT2D eigenvalue weighted by molar-refractivity contribution is 0.0661. The zero-order valence-corrected chi connectivity index (χ0v) is 17.0. The number of furan rings is 1. The van der Waals surface area contributed by atoms with Crippen molar-refractivity contribution < 1.29 is 22.0 Å². The number of carbonyl (C=O) groups is 1. The molecule has 1 aromatic carbocycles. The predicted octanol–water partition coefficient (Wildman–Crippen LogP) is 2.98. The van der Waals surface area contributed by atoms with Crippen LogP contribution in [-0.2, 0) is 16.4 Å². The monoisotopic (exact) mass is 465 g/mol. The number of amides is 1. The van der Waals surface area contributed by atoms with Crippen molar-refractivity contribution in [2.75, 3.05) is 11.5 Å². The van der Waals surface area contributed by atoms with Gasteiger partial charge in [-0.05, 0) is 46.6 Å². The van der Waals surface area contributed by atoms with E-state index in [1.807, 2.05) is 0 Å². The summed E-state index contributed by atoms with van der Waals surface area (Å²) in [6.07, 6.45) is 0.314. The van der Waals surface area contributed by atoms with E-state index in [9.17, 15) is 18.0 Å². The molecule has 3 aromatic rings. The van der Waals surface area contributed by atoms with E-state index < -0.39 is 27.4 Å². The molecule has 0 aliphatic carbocycles. The van der Waals surface area contributed by atoms with Crippen LogP contribution in [0.1, 0.15) is 22.5 Å². The van der Waals surface area contributed by atoms with Gasteiger partial charge in [-0.3, -0.25) is 4.79 Å². The number of rotatable bonds is 4. The van der Waals surface area contributed by atoms with Gasteiger partial charge in [-0.2, -0.15) is 0 Å². The Morgan fingerprint density at radius 2 is 1.96 bits per heavy atom. The summed E-state index contributed by atoms with van der Waals surface area (Å²) in [7, 11) is -3.22. The summed E-state index contributed by atoms with van der Waals surface area (Å²) in [4.78, 5) is 27.0. The molecule has 4 rings (SSSR count). The molecule has 0 saturated carbocycles. The minimum Gasteiger partial charge on any atom is -0.452 e. The highest BCUT2D eigenvalue weighted by Gasteiger charge is 2.36. The quantitative estimate of drug-likeness (QED) is 0.549. The van der Waals surface area contributed by atoms with E-state index in [0.29, 0.717) is 27.8 Å². The summed E-state index contributed by atoms with van der Waals surface area (Å²) in [5.74, 6) is -0.223. The first-order valence-electron chi connectivity index (χ1n) is 8.61. The fraction of sp³-hybridized carbons (Fsp3) is 0.263. The van der Waals surface area contributed by atoms with E-state index in [2.05, 4.69) is 15.9 Å². The number of carbonyl (C=O) groups excluding carboxylic acids is 1. The number of hydrogen-bond donors (Lipinski definition) is 0. The first kappa shape index (κ1) is 18.9. The molecular formula is C19H16BrNO6S. The van der Waals surface area contributed by atoms with Crippen molar-refractivity contribution in [2.24, 2.45) is 0 Å². The second-order valence-electron chi connectivity index (χ2n) is 6.68. The number of para-hydroxylation sites is 1. The fourth-order valence-electron chi connectivity index (χ4n) is 3.36. The molecule has 0 bridgehead atoms. The molecule has 0 radical (unpaired) electrons. The standard InChI is InChI=1S/C19H16BrNO6S/c20-17-6-5-14(26-17)10-21(13-7-8-28(24,25)11-13)18(22)15-9-12-3-1-2-4-16(12)27-19(15)23/h1-6,9,13H,7-8,10-11H2/t13-/m0/s1. The van der Waals surface area contributed by atoms with Crippen LogP contribution in [0.25, 0.3) is 11.0 Å². The summed E-state index contributed by atoms with van der Waals surface area (Å²) in [6, 6.07) is 11.2. The van der Waals surface area contributed by atoms with Gasteiger partial charge in [-0.15, -0.1) is 0 Å². The van der Waals surface area contributed by atoms with Gasteiger partial charge in [0, 0.05) is 11.4 Å². The number of nitrogens with zero attached hydrogens (tertiary/aromatic N) is 1. The largest absolute Gasteiger partial charge is 0.452 e. The van der Waals surface area contributed by atoms with Crippen molar-refractivity contribution in [3.8, 4) is 0 Å². The van der Waals surface area contributed by atoms with Crippen LogP contribution in [-0.4, -0.2) is 36.8 Å². The zero-order chi connectivity index (χ0) is 19.9. The van der Waals surface area contributed by atoms with Crippen LogP contribution in [0.3, 0.4) is 0 Å². The highest BCUT2D eigenvalue weighted by Crippen LogP contribution is 2.24. The highest BCUT2D eigenvalue weighted by molar-refractivity contribution is 9.10. The molecule has 1 atom stereocenters. The molecule has 2 aromatic heterocycles. The molecule has 0 unspecified atom stereocenters. The van der Waals surface area contributed by atoms with Gasteiger partial charge in [-0.25, -0.2) is 13.2 Å². The van der Waals surface area contributed by atoms with Crippen LogP contribution in [0, 0.1) is 0 Å². The van der Waals surface area contributed by atoms with E-state index in [-0.39, 0.29) is 23.6 Å². The van der Waals surface area contributed by atoms with Crippen molar-refractivity contribution >= 4 is 42.6 Å². The lowest BCUT2D eigenvalue weighted by Gasteiger charge is -2.27. The molecule has 1 saturated heterocycles. The maximum Gasteiger partial charge on any atom is 0.349 e. The van der Waals surface area contributed by atoms with Gasteiger partial charge in [0.05, 0.1) is 18.1 Å². The van der Waals surface area contributed by atoms with E-state index in [1.54, 1.807) is 36.4 Å². The number of benzene rings is 1. The minimum absolute atomic E-state index is 0.00955. The molecule has 1 aliphatic rings. The number of halogens is 1. The van der Waals surface area contributed by atoms with Crippen molar-refractivity contribution in [1.82, 2.24) is 4.90 Å². The molecule has 3 heterocycles. The average molecular weight is 466 g/mol. The molecule has 1 fully saturated rings. The molecule has 28 heavy (non-hydrogen) atoms. The van der Waals surface area contributed by atoms with Gasteiger partial charge < -0.3 is 13.7 Å². The van der Waals surface area contributed by atoms with Crippen LogP contribution >= 0.6 is 15.9 Å². The van der Waals surface area contributed by atoms with Gasteiger partial charge in [-0.1, -0.05) is 18.2 Å².